The van der Waals surface area contributed by atoms with Crippen molar-refractivity contribution in [2.75, 3.05) is 7.11 Å². The van der Waals surface area contributed by atoms with E-state index in [1.807, 2.05) is 48.5 Å². The lowest BCUT2D eigenvalue weighted by Gasteiger charge is -2.41. The first-order chi connectivity index (χ1) is 16.2. The summed E-state index contributed by atoms with van der Waals surface area (Å²) in [5, 5.41) is 12.2. The predicted molar refractivity (Wildman–Crippen MR) is 129 cm³/mol. The summed E-state index contributed by atoms with van der Waals surface area (Å²) in [5.41, 5.74) is 0.607. The summed E-state index contributed by atoms with van der Waals surface area (Å²) in [5.74, 6) is -0.863. The normalized spacial score (nSPS) is 17.0. The molecule has 4 rings (SSSR count). The molecule has 176 valence electrons. The summed E-state index contributed by atoms with van der Waals surface area (Å²) in [4.78, 5) is 28.4. The van der Waals surface area contributed by atoms with Gasteiger partial charge in [-0.3, -0.25) is 4.90 Å². The Kier molecular flexibility index (Phi) is 6.19. The topological polar surface area (TPSA) is 76.1 Å². The quantitative estimate of drug-likeness (QED) is 0.545. The van der Waals surface area contributed by atoms with Crippen LogP contribution >= 0.6 is 0 Å². The van der Waals surface area contributed by atoms with Crippen LogP contribution in [0.2, 0.25) is 0 Å². The molecule has 1 aliphatic heterocycles. The number of fused-ring (bicyclic) bond motifs is 3. The maximum absolute atomic E-state index is 13.6. The van der Waals surface area contributed by atoms with Crippen molar-refractivity contribution < 1.29 is 24.2 Å². The number of benzene rings is 3. The van der Waals surface area contributed by atoms with Crippen molar-refractivity contribution in [1.82, 2.24) is 4.90 Å². The molecule has 1 heterocycles. The number of hydrogen-bond acceptors (Lipinski definition) is 5. The highest BCUT2D eigenvalue weighted by molar-refractivity contribution is 5.86. The minimum Gasteiger partial charge on any atom is -0.467 e. The fraction of sp³-hybridized carbons (Fsp3) is 0.286. The van der Waals surface area contributed by atoms with Gasteiger partial charge in [0.05, 0.1) is 13.7 Å². The van der Waals surface area contributed by atoms with Gasteiger partial charge in [-0.1, -0.05) is 78.9 Å². The minimum atomic E-state index is -2.19. The van der Waals surface area contributed by atoms with Crippen LogP contribution in [0.25, 0.3) is 11.1 Å². The molecule has 1 N–H and O–H groups in total. The highest BCUT2D eigenvalue weighted by Gasteiger charge is 2.53. The molecule has 2 atom stereocenters. The van der Waals surface area contributed by atoms with E-state index < -0.39 is 29.3 Å². The lowest BCUT2D eigenvalue weighted by molar-refractivity contribution is -0.173. The lowest BCUT2D eigenvalue weighted by Crippen LogP contribution is -2.52. The standard InChI is InChI=1S/C28H29NO5/c1-27(2,3)34-26(31)29-18-19-12-8-9-15-21(19)22-16-10-11-17-23(22)24(29)28(32,25(30)33-4)20-13-6-5-7-14-20/h5-17,24,32H,18H2,1-4H3/t24-,28-/m1/s1. The third-order valence-electron chi connectivity index (χ3n) is 5.95. The number of rotatable bonds is 3. The molecule has 0 radical (unpaired) electrons. The molecule has 6 heteroatoms. The molecule has 1 aliphatic rings. The molecule has 34 heavy (non-hydrogen) atoms. The van der Waals surface area contributed by atoms with E-state index in [1.54, 1.807) is 51.1 Å². The summed E-state index contributed by atoms with van der Waals surface area (Å²) in [7, 11) is 1.23. The van der Waals surface area contributed by atoms with Gasteiger partial charge in [-0.2, -0.15) is 0 Å². The molecule has 0 saturated carbocycles. The van der Waals surface area contributed by atoms with Gasteiger partial charge in [-0.15, -0.1) is 0 Å². The largest absolute Gasteiger partial charge is 0.467 e. The van der Waals surface area contributed by atoms with Crippen molar-refractivity contribution in [3.8, 4) is 11.1 Å². The number of aliphatic hydroxyl groups is 1. The van der Waals surface area contributed by atoms with E-state index >= 15 is 0 Å². The maximum atomic E-state index is 13.6. The van der Waals surface area contributed by atoms with E-state index in [0.29, 0.717) is 11.1 Å². The Morgan fingerprint density at radius 1 is 0.882 bits per heavy atom. The highest BCUT2D eigenvalue weighted by Crippen LogP contribution is 2.47. The smallest absolute Gasteiger partial charge is 0.411 e. The zero-order valence-electron chi connectivity index (χ0n) is 19.8. The molecule has 0 spiro atoms. The molecule has 0 aromatic heterocycles. The summed E-state index contributed by atoms with van der Waals surface area (Å²) < 4.78 is 10.9. The van der Waals surface area contributed by atoms with Crippen LogP contribution in [0.1, 0.15) is 43.5 Å². The van der Waals surface area contributed by atoms with Gasteiger partial charge in [-0.25, -0.2) is 9.59 Å². The number of methoxy groups -OCH3 is 1. The average molecular weight is 460 g/mol. The Hall–Kier alpha value is -3.64. The minimum absolute atomic E-state index is 0.135. The van der Waals surface area contributed by atoms with Crippen molar-refractivity contribution in [1.29, 1.82) is 0 Å². The number of esters is 1. The number of carbonyl (C=O) groups is 2. The van der Waals surface area contributed by atoms with Crippen molar-refractivity contribution >= 4 is 12.1 Å². The highest BCUT2D eigenvalue weighted by atomic mass is 16.6. The molecule has 1 amide bonds. The van der Waals surface area contributed by atoms with Crippen LogP contribution in [0.5, 0.6) is 0 Å². The van der Waals surface area contributed by atoms with Crippen molar-refractivity contribution in [2.45, 2.75) is 44.6 Å². The van der Waals surface area contributed by atoms with Crippen LogP contribution in [-0.2, 0) is 26.4 Å². The Morgan fingerprint density at radius 2 is 1.47 bits per heavy atom. The molecular formula is C28H29NO5. The molecule has 0 fully saturated rings. The number of amides is 1. The van der Waals surface area contributed by atoms with Crippen LogP contribution in [0.3, 0.4) is 0 Å². The Labute approximate surface area is 199 Å². The van der Waals surface area contributed by atoms with Gasteiger partial charge >= 0.3 is 12.1 Å². The van der Waals surface area contributed by atoms with Gasteiger partial charge in [0.15, 0.2) is 0 Å². The molecule has 6 nitrogen and oxygen atoms in total. The van der Waals surface area contributed by atoms with Gasteiger partial charge < -0.3 is 14.6 Å². The fourth-order valence-corrected chi connectivity index (χ4v) is 4.52. The lowest BCUT2D eigenvalue weighted by atomic mass is 9.79. The third kappa shape index (κ3) is 4.17. The van der Waals surface area contributed by atoms with Gasteiger partial charge in [0.25, 0.3) is 0 Å². The summed E-state index contributed by atoms with van der Waals surface area (Å²) in [6.07, 6.45) is -0.637. The first-order valence-corrected chi connectivity index (χ1v) is 11.2. The first kappa shape index (κ1) is 23.5. The van der Waals surface area contributed by atoms with Gasteiger partial charge in [0.2, 0.25) is 5.60 Å². The Bertz CT molecular complexity index is 1200. The molecular weight excluding hydrogens is 430 g/mol. The molecule has 0 saturated heterocycles. The van der Waals surface area contributed by atoms with Crippen molar-refractivity contribution in [3.05, 3.63) is 95.6 Å². The van der Waals surface area contributed by atoms with E-state index in [1.165, 1.54) is 12.0 Å². The van der Waals surface area contributed by atoms with Gasteiger partial charge in [0, 0.05) is 0 Å². The van der Waals surface area contributed by atoms with E-state index in [-0.39, 0.29) is 6.54 Å². The fourth-order valence-electron chi connectivity index (χ4n) is 4.52. The third-order valence-corrected chi connectivity index (χ3v) is 5.95. The van der Waals surface area contributed by atoms with Crippen molar-refractivity contribution in [2.24, 2.45) is 0 Å². The molecule has 0 unspecified atom stereocenters. The van der Waals surface area contributed by atoms with Crippen LogP contribution in [0, 0.1) is 0 Å². The van der Waals surface area contributed by atoms with Gasteiger partial charge in [-0.05, 0) is 48.6 Å². The molecule has 3 aromatic rings. The SMILES string of the molecule is COC(=O)[C@@](O)(c1ccccc1)[C@H]1c2ccccc2-c2ccccc2CN1C(=O)OC(C)(C)C. The second-order valence-corrected chi connectivity index (χ2v) is 9.38. The van der Waals surface area contributed by atoms with E-state index in [4.69, 9.17) is 9.47 Å². The average Bonchev–Trinajstić information content (AvgIpc) is 2.97. The van der Waals surface area contributed by atoms with E-state index in [2.05, 4.69) is 0 Å². The summed E-state index contributed by atoms with van der Waals surface area (Å²) in [6.45, 7) is 5.48. The zero-order valence-corrected chi connectivity index (χ0v) is 19.8. The number of hydrogen-bond donors (Lipinski definition) is 1. The molecule has 0 bridgehead atoms. The Morgan fingerprint density at radius 3 is 2.12 bits per heavy atom. The molecule has 0 aliphatic carbocycles. The Balaban J connectivity index is 2.03. The number of carbonyl (C=O) groups excluding carboxylic acids is 2. The van der Waals surface area contributed by atoms with Crippen LogP contribution < -0.4 is 0 Å². The van der Waals surface area contributed by atoms with Crippen LogP contribution in [0.4, 0.5) is 4.79 Å². The monoisotopic (exact) mass is 459 g/mol. The number of ether oxygens (including phenoxy) is 2. The second-order valence-electron chi connectivity index (χ2n) is 9.38. The van der Waals surface area contributed by atoms with Gasteiger partial charge in [0.1, 0.15) is 11.6 Å². The first-order valence-electron chi connectivity index (χ1n) is 11.2. The van der Waals surface area contributed by atoms with Crippen molar-refractivity contribution in [3.63, 3.8) is 0 Å². The van der Waals surface area contributed by atoms with E-state index in [9.17, 15) is 14.7 Å². The predicted octanol–water partition coefficient (Wildman–Crippen LogP) is 5.21. The summed E-state index contributed by atoms with van der Waals surface area (Å²) >= 11 is 0. The van der Waals surface area contributed by atoms with E-state index in [0.717, 1.165) is 16.7 Å². The zero-order chi connectivity index (χ0) is 24.5. The maximum Gasteiger partial charge on any atom is 0.411 e. The number of nitrogens with zero attached hydrogens (tertiary/aromatic N) is 1. The summed E-state index contributed by atoms with van der Waals surface area (Å²) in [6, 6.07) is 22.7. The molecule has 3 aromatic carbocycles. The second kappa shape index (κ2) is 8.95. The van der Waals surface area contributed by atoms with Crippen LogP contribution in [0.15, 0.2) is 78.9 Å². The van der Waals surface area contributed by atoms with Crippen LogP contribution in [-0.4, -0.2) is 34.8 Å².